The van der Waals surface area contributed by atoms with Crippen LogP contribution in [0.4, 0.5) is 18.0 Å². The van der Waals surface area contributed by atoms with Gasteiger partial charge in [-0.1, -0.05) is 54.6 Å². The molecule has 0 bridgehead atoms. The van der Waals surface area contributed by atoms with Gasteiger partial charge in [-0.15, -0.1) is 0 Å². The minimum atomic E-state index is -4.97. The minimum absolute atomic E-state index is 0.0837. The van der Waals surface area contributed by atoms with E-state index < -0.39 is 42.5 Å². The van der Waals surface area contributed by atoms with Crippen molar-refractivity contribution in [3.63, 3.8) is 0 Å². The van der Waals surface area contributed by atoms with Crippen LogP contribution in [0.25, 0.3) is 11.1 Å². The fourth-order valence-corrected chi connectivity index (χ4v) is 4.58. The Morgan fingerprint density at radius 1 is 1.09 bits per heavy atom. The predicted molar refractivity (Wildman–Crippen MR) is 120 cm³/mol. The monoisotopic (exact) mass is 488 g/mol. The molecular formula is C25H23F3N2O5. The molecule has 7 nitrogen and oxygen atoms in total. The minimum Gasteiger partial charge on any atom is -0.481 e. The first-order valence-electron chi connectivity index (χ1n) is 11.0. The summed E-state index contributed by atoms with van der Waals surface area (Å²) in [4.78, 5) is 36.4. The van der Waals surface area contributed by atoms with Crippen molar-refractivity contribution in [1.29, 1.82) is 0 Å². The van der Waals surface area contributed by atoms with Gasteiger partial charge in [0, 0.05) is 31.6 Å². The highest BCUT2D eigenvalue weighted by molar-refractivity contribution is 5.89. The van der Waals surface area contributed by atoms with Crippen molar-refractivity contribution in [2.24, 2.45) is 5.41 Å². The summed E-state index contributed by atoms with van der Waals surface area (Å²) < 4.78 is 45.1. The van der Waals surface area contributed by atoms with Crippen LogP contribution in [-0.4, -0.2) is 60.4 Å². The third-order valence-electron chi connectivity index (χ3n) is 6.50. The molecule has 2 amide bonds. The molecule has 1 atom stereocenters. The van der Waals surface area contributed by atoms with Crippen LogP contribution in [0.1, 0.15) is 23.5 Å². The SMILES string of the molecule is O=C(NC/C=C/C(=O)N1CCC(C(=O)O)(C(F)(F)F)C1)OCC1c2ccccc2-c2ccccc21. The van der Waals surface area contributed by atoms with Gasteiger partial charge in [0.15, 0.2) is 5.41 Å². The molecule has 0 radical (unpaired) electrons. The van der Waals surface area contributed by atoms with E-state index in [4.69, 9.17) is 9.84 Å². The lowest BCUT2D eigenvalue weighted by Crippen LogP contribution is -2.47. The van der Waals surface area contributed by atoms with Crippen molar-refractivity contribution < 1.29 is 37.4 Å². The van der Waals surface area contributed by atoms with Gasteiger partial charge in [-0.05, 0) is 28.7 Å². The number of alkyl halides is 3. The molecule has 10 heteroatoms. The van der Waals surface area contributed by atoms with E-state index in [0.717, 1.165) is 33.2 Å². The van der Waals surface area contributed by atoms with Crippen LogP contribution in [0, 0.1) is 5.41 Å². The van der Waals surface area contributed by atoms with E-state index in [1.54, 1.807) is 0 Å². The Morgan fingerprint density at radius 3 is 2.23 bits per heavy atom. The van der Waals surface area contributed by atoms with Gasteiger partial charge >= 0.3 is 18.2 Å². The topological polar surface area (TPSA) is 95.9 Å². The van der Waals surface area contributed by atoms with E-state index in [2.05, 4.69) is 5.32 Å². The number of fused-ring (bicyclic) bond motifs is 3. The zero-order chi connectivity index (χ0) is 25.2. The number of benzene rings is 2. The number of hydrogen-bond donors (Lipinski definition) is 2. The summed E-state index contributed by atoms with van der Waals surface area (Å²) in [5.41, 5.74) is 1.36. The molecule has 0 aromatic heterocycles. The van der Waals surface area contributed by atoms with Gasteiger partial charge in [0.25, 0.3) is 0 Å². The number of carbonyl (C=O) groups is 3. The maximum absolute atomic E-state index is 13.2. The average molecular weight is 488 g/mol. The number of aliphatic carboxylic acids is 1. The summed E-state index contributed by atoms with van der Waals surface area (Å²) in [6, 6.07) is 15.8. The number of halogens is 3. The van der Waals surface area contributed by atoms with Crippen molar-refractivity contribution in [1.82, 2.24) is 10.2 Å². The summed E-state index contributed by atoms with van der Waals surface area (Å²) in [6.45, 7) is -1.24. The number of carbonyl (C=O) groups excluding carboxylic acids is 2. The number of hydrogen-bond acceptors (Lipinski definition) is 4. The number of alkyl carbamates (subject to hydrolysis) is 1. The van der Waals surface area contributed by atoms with Gasteiger partial charge in [-0.3, -0.25) is 9.59 Å². The molecular weight excluding hydrogens is 465 g/mol. The molecule has 1 aliphatic heterocycles. The van der Waals surface area contributed by atoms with Crippen LogP contribution in [0.15, 0.2) is 60.7 Å². The van der Waals surface area contributed by atoms with E-state index in [9.17, 15) is 27.6 Å². The van der Waals surface area contributed by atoms with Gasteiger partial charge < -0.3 is 20.1 Å². The summed E-state index contributed by atoms with van der Waals surface area (Å²) in [6.07, 6.45) is -4.09. The molecule has 1 unspecified atom stereocenters. The van der Waals surface area contributed by atoms with Crippen LogP contribution >= 0.6 is 0 Å². The van der Waals surface area contributed by atoms with Crippen molar-refractivity contribution in [3.8, 4) is 11.1 Å². The summed E-state index contributed by atoms with van der Waals surface area (Å²) >= 11 is 0. The van der Waals surface area contributed by atoms with E-state index in [-0.39, 0.29) is 25.6 Å². The molecule has 0 spiro atoms. The summed E-state index contributed by atoms with van der Waals surface area (Å²) in [5, 5.41) is 11.5. The fraction of sp³-hybridized carbons (Fsp3) is 0.320. The molecule has 184 valence electrons. The number of carboxylic acid groups (broad SMARTS) is 1. The third kappa shape index (κ3) is 4.60. The lowest BCUT2D eigenvalue weighted by molar-refractivity contribution is -0.227. The zero-order valence-corrected chi connectivity index (χ0v) is 18.5. The highest BCUT2D eigenvalue weighted by atomic mass is 19.4. The normalized spacial score (nSPS) is 19.5. The Hall–Kier alpha value is -3.82. The number of nitrogens with zero attached hydrogens (tertiary/aromatic N) is 1. The van der Waals surface area contributed by atoms with Crippen LogP contribution < -0.4 is 5.32 Å². The summed E-state index contributed by atoms with van der Waals surface area (Å²) in [5.74, 6) is -2.86. The number of carboxylic acids is 1. The Labute approximate surface area is 199 Å². The Morgan fingerprint density at radius 2 is 1.69 bits per heavy atom. The molecule has 2 N–H and O–H groups in total. The second kappa shape index (κ2) is 9.44. The molecule has 2 aromatic carbocycles. The van der Waals surface area contributed by atoms with E-state index in [1.165, 1.54) is 6.08 Å². The Bertz CT molecular complexity index is 1130. The molecule has 0 saturated carbocycles. The lowest BCUT2D eigenvalue weighted by Gasteiger charge is -2.26. The van der Waals surface area contributed by atoms with Crippen LogP contribution in [0.3, 0.4) is 0 Å². The maximum Gasteiger partial charge on any atom is 0.407 e. The Kier molecular flexibility index (Phi) is 6.56. The van der Waals surface area contributed by atoms with Crippen molar-refractivity contribution >= 4 is 18.0 Å². The van der Waals surface area contributed by atoms with Crippen LogP contribution in [0.2, 0.25) is 0 Å². The maximum atomic E-state index is 13.2. The number of nitrogens with one attached hydrogen (secondary N) is 1. The first kappa shape index (κ1) is 24.3. The molecule has 1 aliphatic carbocycles. The zero-order valence-electron chi connectivity index (χ0n) is 18.5. The number of likely N-dealkylation sites (tertiary alicyclic amines) is 1. The molecule has 1 heterocycles. The number of amides is 2. The number of ether oxygens (including phenoxy) is 1. The average Bonchev–Trinajstić information content (AvgIpc) is 3.42. The highest BCUT2D eigenvalue weighted by Gasteiger charge is 2.64. The first-order valence-corrected chi connectivity index (χ1v) is 11.0. The molecule has 35 heavy (non-hydrogen) atoms. The van der Waals surface area contributed by atoms with Gasteiger partial charge in [0.1, 0.15) is 6.61 Å². The largest absolute Gasteiger partial charge is 0.481 e. The molecule has 4 rings (SSSR count). The molecule has 1 fully saturated rings. The molecule has 1 saturated heterocycles. The van der Waals surface area contributed by atoms with Gasteiger partial charge in [-0.25, -0.2) is 4.79 Å². The second-order valence-corrected chi connectivity index (χ2v) is 8.50. The van der Waals surface area contributed by atoms with Gasteiger partial charge in [-0.2, -0.15) is 13.2 Å². The molecule has 2 aromatic rings. The summed E-state index contributed by atoms with van der Waals surface area (Å²) in [7, 11) is 0. The number of rotatable bonds is 6. The van der Waals surface area contributed by atoms with Crippen LogP contribution in [0.5, 0.6) is 0 Å². The predicted octanol–water partition coefficient (Wildman–Crippen LogP) is 3.95. The standard InChI is InChI=1S/C25H23F3N2O5/c26-25(27,28)24(22(32)33)11-13-30(15-24)21(31)10-5-12-29-23(34)35-14-20-18-8-3-1-6-16(18)17-7-2-4-9-19(17)20/h1-10,20H,11-15H2,(H,29,34)(H,32,33)/b10-5+. The van der Waals surface area contributed by atoms with E-state index >= 15 is 0 Å². The van der Waals surface area contributed by atoms with Gasteiger partial charge in [0.05, 0.1) is 0 Å². The van der Waals surface area contributed by atoms with E-state index in [1.807, 2.05) is 48.5 Å². The Balaban J connectivity index is 1.27. The van der Waals surface area contributed by atoms with Crippen molar-refractivity contribution in [2.45, 2.75) is 18.5 Å². The third-order valence-corrected chi connectivity index (χ3v) is 6.50. The smallest absolute Gasteiger partial charge is 0.407 e. The van der Waals surface area contributed by atoms with Crippen molar-refractivity contribution in [2.75, 3.05) is 26.2 Å². The fourth-order valence-electron chi connectivity index (χ4n) is 4.58. The van der Waals surface area contributed by atoms with Gasteiger partial charge in [0.2, 0.25) is 5.91 Å². The lowest BCUT2D eigenvalue weighted by atomic mass is 9.86. The first-order chi connectivity index (χ1) is 16.6. The highest BCUT2D eigenvalue weighted by Crippen LogP contribution is 2.46. The van der Waals surface area contributed by atoms with Crippen LogP contribution in [-0.2, 0) is 14.3 Å². The van der Waals surface area contributed by atoms with E-state index in [0.29, 0.717) is 0 Å². The van der Waals surface area contributed by atoms with Crippen molar-refractivity contribution in [3.05, 3.63) is 71.8 Å². The molecule has 2 aliphatic rings. The quantitative estimate of drug-likeness (QED) is 0.601. The second-order valence-electron chi connectivity index (χ2n) is 8.50.